The van der Waals surface area contributed by atoms with Gasteiger partial charge in [0.15, 0.2) is 0 Å². The lowest BCUT2D eigenvalue weighted by Crippen LogP contribution is -2.12. The van der Waals surface area contributed by atoms with E-state index in [0.29, 0.717) is 15.0 Å². The van der Waals surface area contributed by atoms with Crippen LogP contribution in [0.15, 0.2) is 34.1 Å². The lowest BCUT2D eigenvalue weighted by atomic mass is 10.2. The molecule has 0 saturated heterocycles. The summed E-state index contributed by atoms with van der Waals surface area (Å²) in [5.41, 5.74) is 6.24. The van der Waals surface area contributed by atoms with Crippen LogP contribution in [0.1, 0.15) is 9.67 Å². The van der Waals surface area contributed by atoms with E-state index in [0.717, 1.165) is 0 Å². The second kappa shape index (κ2) is 4.85. The Morgan fingerprint density at radius 1 is 1.41 bits per heavy atom. The Morgan fingerprint density at radius 2 is 2.18 bits per heavy atom. The Kier molecular flexibility index (Phi) is 3.44. The van der Waals surface area contributed by atoms with Gasteiger partial charge < -0.3 is 11.1 Å². The van der Waals surface area contributed by atoms with Crippen molar-refractivity contribution in [1.29, 1.82) is 0 Å². The van der Waals surface area contributed by atoms with Crippen LogP contribution >= 0.6 is 27.3 Å². The molecule has 0 saturated carbocycles. The summed E-state index contributed by atoms with van der Waals surface area (Å²) in [6, 6.07) is 5.61. The predicted molar refractivity (Wildman–Crippen MR) is 70.8 cm³/mol. The van der Waals surface area contributed by atoms with Crippen LogP contribution in [0.25, 0.3) is 0 Å². The molecule has 1 amide bonds. The van der Waals surface area contributed by atoms with E-state index in [1.165, 1.54) is 29.5 Å². The van der Waals surface area contributed by atoms with E-state index >= 15 is 0 Å². The number of nitrogens with one attached hydrogen (secondary N) is 1. The molecule has 0 bridgehead atoms. The average molecular weight is 315 g/mol. The van der Waals surface area contributed by atoms with E-state index in [2.05, 4.69) is 21.2 Å². The number of carbonyl (C=O) groups excluding carboxylic acids is 1. The van der Waals surface area contributed by atoms with Crippen molar-refractivity contribution in [2.45, 2.75) is 0 Å². The first-order valence-corrected chi connectivity index (χ1v) is 6.34. The fraction of sp³-hybridized carbons (Fsp3) is 0. The zero-order chi connectivity index (χ0) is 12.4. The molecule has 0 aliphatic heterocycles. The lowest BCUT2D eigenvalue weighted by Gasteiger charge is -2.07. The second-order valence-corrected chi connectivity index (χ2v) is 5.05. The number of carbonyl (C=O) groups is 1. The highest BCUT2D eigenvalue weighted by Crippen LogP contribution is 2.25. The maximum Gasteiger partial charge on any atom is 0.266 e. The summed E-state index contributed by atoms with van der Waals surface area (Å²) >= 11 is 4.55. The third-order valence-corrected chi connectivity index (χ3v) is 3.92. The molecule has 17 heavy (non-hydrogen) atoms. The zero-order valence-corrected chi connectivity index (χ0v) is 10.9. The van der Waals surface area contributed by atoms with Crippen molar-refractivity contribution < 1.29 is 9.18 Å². The van der Waals surface area contributed by atoms with E-state index < -0.39 is 5.82 Å². The normalized spacial score (nSPS) is 10.2. The second-order valence-electron chi connectivity index (χ2n) is 3.28. The van der Waals surface area contributed by atoms with Crippen LogP contribution in [0.5, 0.6) is 0 Å². The molecule has 6 heteroatoms. The molecule has 0 radical (unpaired) electrons. The van der Waals surface area contributed by atoms with E-state index in [4.69, 9.17) is 5.73 Å². The largest absolute Gasteiger partial charge is 0.397 e. The molecule has 0 fully saturated rings. The molecular weight excluding hydrogens is 307 g/mol. The number of thiophene rings is 1. The molecule has 1 heterocycles. The van der Waals surface area contributed by atoms with Crippen molar-refractivity contribution in [3.05, 3.63) is 44.8 Å². The van der Waals surface area contributed by atoms with Gasteiger partial charge in [-0.15, -0.1) is 11.3 Å². The predicted octanol–water partition coefficient (Wildman–Crippen LogP) is 3.48. The summed E-state index contributed by atoms with van der Waals surface area (Å²) in [5.74, 6) is -0.760. The van der Waals surface area contributed by atoms with Crippen molar-refractivity contribution in [3.63, 3.8) is 0 Å². The minimum Gasteiger partial charge on any atom is -0.397 e. The minimum absolute atomic E-state index is 0.273. The molecule has 0 aliphatic carbocycles. The van der Waals surface area contributed by atoms with Crippen molar-refractivity contribution in [1.82, 2.24) is 0 Å². The van der Waals surface area contributed by atoms with Crippen LogP contribution in [0.2, 0.25) is 0 Å². The first kappa shape index (κ1) is 12.1. The van der Waals surface area contributed by atoms with Crippen LogP contribution in [-0.4, -0.2) is 5.91 Å². The topological polar surface area (TPSA) is 55.1 Å². The number of anilines is 2. The van der Waals surface area contributed by atoms with Crippen molar-refractivity contribution in [2.24, 2.45) is 0 Å². The fourth-order valence-corrected chi connectivity index (χ4v) is 2.72. The highest BCUT2D eigenvalue weighted by atomic mass is 79.9. The summed E-state index contributed by atoms with van der Waals surface area (Å²) in [6.07, 6.45) is 0. The van der Waals surface area contributed by atoms with Crippen LogP contribution in [0, 0.1) is 5.82 Å². The summed E-state index contributed by atoms with van der Waals surface area (Å²) in [4.78, 5) is 12.4. The first-order chi connectivity index (χ1) is 8.08. The Bertz CT molecular complexity index is 570. The number of rotatable bonds is 2. The minimum atomic E-state index is -0.445. The van der Waals surface area contributed by atoms with Gasteiger partial charge in [0.25, 0.3) is 5.91 Å². The molecule has 1 aromatic heterocycles. The SMILES string of the molecule is Nc1ccc(F)cc1NC(=O)c1sccc1Br. The van der Waals surface area contributed by atoms with Crippen LogP contribution in [0.4, 0.5) is 15.8 Å². The standard InChI is InChI=1S/C11H8BrFN2OS/c12-7-3-4-17-10(7)11(16)15-9-5-6(13)1-2-8(9)14/h1-5H,14H2,(H,15,16). The number of halogens is 2. The van der Waals surface area contributed by atoms with Gasteiger partial charge in [-0.1, -0.05) is 0 Å². The maximum absolute atomic E-state index is 13.0. The Morgan fingerprint density at radius 3 is 2.82 bits per heavy atom. The zero-order valence-electron chi connectivity index (χ0n) is 8.54. The summed E-state index contributed by atoms with van der Waals surface area (Å²) in [7, 11) is 0. The fourth-order valence-electron chi connectivity index (χ4n) is 1.27. The summed E-state index contributed by atoms with van der Waals surface area (Å²) in [5, 5.41) is 4.36. The average Bonchev–Trinajstić information content (AvgIpc) is 2.70. The number of nitrogens with two attached hydrogens (primary N) is 1. The van der Waals surface area contributed by atoms with Gasteiger partial charge in [0.1, 0.15) is 10.7 Å². The summed E-state index contributed by atoms with van der Waals surface area (Å²) in [6.45, 7) is 0. The molecule has 1 aromatic carbocycles. The third kappa shape index (κ3) is 2.65. The van der Waals surface area contributed by atoms with Gasteiger partial charge in [0, 0.05) is 4.47 Å². The molecule has 88 valence electrons. The quantitative estimate of drug-likeness (QED) is 0.834. The summed E-state index contributed by atoms with van der Waals surface area (Å²) < 4.78 is 13.7. The smallest absolute Gasteiger partial charge is 0.266 e. The van der Waals surface area contributed by atoms with Gasteiger partial charge in [-0.05, 0) is 45.6 Å². The van der Waals surface area contributed by atoms with E-state index in [1.807, 2.05) is 0 Å². The van der Waals surface area contributed by atoms with Gasteiger partial charge in [0.2, 0.25) is 0 Å². The molecule has 0 spiro atoms. The number of hydrogen-bond donors (Lipinski definition) is 2. The monoisotopic (exact) mass is 314 g/mol. The number of benzene rings is 1. The molecule has 0 unspecified atom stereocenters. The van der Waals surface area contributed by atoms with E-state index in [1.54, 1.807) is 11.4 Å². The maximum atomic E-state index is 13.0. The van der Waals surface area contributed by atoms with Crippen LogP contribution in [0.3, 0.4) is 0 Å². The van der Waals surface area contributed by atoms with Gasteiger partial charge >= 0.3 is 0 Å². The van der Waals surface area contributed by atoms with Crippen LogP contribution < -0.4 is 11.1 Å². The Labute approximate surface area is 110 Å². The lowest BCUT2D eigenvalue weighted by molar-refractivity contribution is 0.103. The Hall–Kier alpha value is -1.40. The molecule has 0 aliphatic rings. The molecule has 3 nitrogen and oxygen atoms in total. The van der Waals surface area contributed by atoms with E-state index in [9.17, 15) is 9.18 Å². The number of hydrogen-bond acceptors (Lipinski definition) is 3. The molecule has 2 aromatic rings. The number of amides is 1. The molecular formula is C11H8BrFN2OS. The van der Waals surface area contributed by atoms with Crippen molar-refractivity contribution >= 4 is 44.5 Å². The molecule has 3 N–H and O–H groups in total. The number of nitrogen functional groups attached to an aromatic ring is 1. The van der Waals surface area contributed by atoms with Crippen molar-refractivity contribution in [3.8, 4) is 0 Å². The van der Waals surface area contributed by atoms with Crippen LogP contribution in [-0.2, 0) is 0 Å². The highest BCUT2D eigenvalue weighted by molar-refractivity contribution is 9.10. The van der Waals surface area contributed by atoms with Gasteiger partial charge in [0.05, 0.1) is 11.4 Å². The highest BCUT2D eigenvalue weighted by Gasteiger charge is 2.13. The van der Waals surface area contributed by atoms with Crippen molar-refractivity contribution in [2.75, 3.05) is 11.1 Å². The molecule has 0 atom stereocenters. The first-order valence-electron chi connectivity index (χ1n) is 4.67. The van der Waals surface area contributed by atoms with Gasteiger partial charge in [-0.3, -0.25) is 4.79 Å². The van der Waals surface area contributed by atoms with Gasteiger partial charge in [-0.25, -0.2) is 4.39 Å². The van der Waals surface area contributed by atoms with E-state index in [-0.39, 0.29) is 11.6 Å². The molecule has 2 rings (SSSR count). The van der Waals surface area contributed by atoms with Gasteiger partial charge in [-0.2, -0.15) is 0 Å². The Balaban J connectivity index is 2.24. The third-order valence-electron chi connectivity index (χ3n) is 2.09.